The summed E-state index contributed by atoms with van der Waals surface area (Å²) in [6, 6.07) is 3.49. The number of rotatable bonds is 6. The van der Waals surface area contributed by atoms with Crippen LogP contribution >= 0.6 is 0 Å². The average Bonchev–Trinajstić information content (AvgIpc) is 2.77. The van der Waals surface area contributed by atoms with Crippen LogP contribution in [0, 0.1) is 0 Å². The first-order valence-corrected chi connectivity index (χ1v) is 6.10. The molecule has 6 nitrogen and oxygen atoms in total. The summed E-state index contributed by atoms with van der Waals surface area (Å²) in [5.41, 5.74) is 0.629. The molecule has 0 saturated heterocycles. The lowest BCUT2D eigenvalue weighted by Crippen LogP contribution is -2.09. The summed E-state index contributed by atoms with van der Waals surface area (Å²) in [4.78, 5) is 15.4. The second kappa shape index (κ2) is 5.71. The van der Waals surface area contributed by atoms with Crippen molar-refractivity contribution in [1.82, 2.24) is 14.7 Å². The Bertz CT molecular complexity index is 592. The van der Waals surface area contributed by atoms with E-state index in [0.29, 0.717) is 11.3 Å². The number of ether oxygens (including phenoxy) is 1. The fourth-order valence-electron chi connectivity index (χ4n) is 2.01. The second-order valence-electron chi connectivity index (χ2n) is 4.21. The van der Waals surface area contributed by atoms with Crippen LogP contribution < -0.4 is 10.1 Å². The summed E-state index contributed by atoms with van der Waals surface area (Å²) in [6.07, 6.45) is 3.42. The molecule has 2 N–H and O–H groups in total. The molecule has 0 saturated carbocycles. The largest absolute Gasteiger partial charge is 0.497 e. The molecule has 102 valence electrons. The molecular formula is C13H17N3O3. The van der Waals surface area contributed by atoms with Crippen LogP contribution in [-0.2, 0) is 6.42 Å². The molecule has 0 atom stereocenters. The SMILES string of the molecule is CNCCCc1nc(C(=O)O)c2cc(OC)ccn12. The Morgan fingerprint density at radius 1 is 1.58 bits per heavy atom. The number of hydrogen-bond donors (Lipinski definition) is 2. The first kappa shape index (κ1) is 13.4. The zero-order valence-corrected chi connectivity index (χ0v) is 11.0. The van der Waals surface area contributed by atoms with Crippen LogP contribution in [0.25, 0.3) is 5.52 Å². The Labute approximate surface area is 111 Å². The maximum atomic E-state index is 11.2. The molecule has 0 bridgehead atoms. The fourth-order valence-corrected chi connectivity index (χ4v) is 2.01. The molecule has 0 aliphatic rings. The van der Waals surface area contributed by atoms with Crippen molar-refractivity contribution in [2.45, 2.75) is 12.8 Å². The topological polar surface area (TPSA) is 75.9 Å². The van der Waals surface area contributed by atoms with Crippen molar-refractivity contribution in [1.29, 1.82) is 0 Å². The van der Waals surface area contributed by atoms with Gasteiger partial charge in [-0.15, -0.1) is 0 Å². The van der Waals surface area contributed by atoms with Gasteiger partial charge in [0.05, 0.1) is 12.6 Å². The van der Waals surface area contributed by atoms with Gasteiger partial charge in [-0.05, 0) is 26.1 Å². The maximum absolute atomic E-state index is 11.2. The summed E-state index contributed by atoms with van der Waals surface area (Å²) in [7, 11) is 3.44. The third kappa shape index (κ3) is 2.68. The standard InChI is InChI=1S/C13H17N3O3/c1-14-6-3-4-11-15-12(13(17)18)10-8-9(19-2)5-7-16(10)11/h5,7-8,14H,3-4,6H2,1-2H3,(H,17,18). The van der Waals surface area contributed by atoms with E-state index in [0.717, 1.165) is 25.2 Å². The van der Waals surface area contributed by atoms with Gasteiger partial charge in [0.1, 0.15) is 11.6 Å². The molecule has 0 amide bonds. The summed E-state index contributed by atoms with van der Waals surface area (Å²) < 4.78 is 6.93. The Kier molecular flexibility index (Phi) is 4.01. The van der Waals surface area contributed by atoms with Gasteiger partial charge < -0.3 is 19.6 Å². The van der Waals surface area contributed by atoms with Gasteiger partial charge in [0.2, 0.25) is 0 Å². The van der Waals surface area contributed by atoms with E-state index in [-0.39, 0.29) is 5.69 Å². The van der Waals surface area contributed by atoms with Crippen LogP contribution in [0.1, 0.15) is 22.7 Å². The molecule has 0 aromatic carbocycles. The number of carboxylic acid groups (broad SMARTS) is 1. The van der Waals surface area contributed by atoms with Gasteiger partial charge in [-0.25, -0.2) is 9.78 Å². The summed E-state index contributed by atoms with van der Waals surface area (Å²) in [5, 5.41) is 12.3. The van der Waals surface area contributed by atoms with Crippen molar-refractivity contribution < 1.29 is 14.6 Å². The van der Waals surface area contributed by atoms with E-state index in [1.54, 1.807) is 25.4 Å². The number of carbonyl (C=O) groups is 1. The number of aromatic nitrogens is 2. The minimum Gasteiger partial charge on any atom is -0.497 e. The molecule has 2 rings (SSSR count). The smallest absolute Gasteiger partial charge is 0.356 e. The number of hydrogen-bond acceptors (Lipinski definition) is 4. The zero-order chi connectivity index (χ0) is 13.8. The predicted molar refractivity (Wildman–Crippen MR) is 71.0 cm³/mol. The van der Waals surface area contributed by atoms with Crippen LogP contribution in [0.5, 0.6) is 5.75 Å². The van der Waals surface area contributed by atoms with E-state index in [2.05, 4.69) is 10.3 Å². The van der Waals surface area contributed by atoms with Crippen molar-refractivity contribution >= 4 is 11.5 Å². The Morgan fingerprint density at radius 2 is 2.37 bits per heavy atom. The Hall–Kier alpha value is -2.08. The quantitative estimate of drug-likeness (QED) is 0.766. The molecule has 19 heavy (non-hydrogen) atoms. The number of fused-ring (bicyclic) bond motifs is 1. The lowest BCUT2D eigenvalue weighted by Gasteiger charge is -2.03. The molecule has 0 aliphatic carbocycles. The second-order valence-corrected chi connectivity index (χ2v) is 4.21. The van der Waals surface area contributed by atoms with Crippen molar-refractivity contribution in [3.63, 3.8) is 0 Å². The molecule has 0 unspecified atom stereocenters. The van der Waals surface area contributed by atoms with Crippen LogP contribution in [0.2, 0.25) is 0 Å². The van der Waals surface area contributed by atoms with E-state index >= 15 is 0 Å². The Balaban J connectivity index is 2.44. The summed E-state index contributed by atoms with van der Waals surface area (Å²) in [6.45, 7) is 0.869. The lowest BCUT2D eigenvalue weighted by atomic mass is 10.3. The van der Waals surface area contributed by atoms with Crippen molar-refractivity contribution in [3.05, 3.63) is 29.8 Å². The Morgan fingerprint density at radius 3 is 3.00 bits per heavy atom. The molecule has 2 heterocycles. The first-order chi connectivity index (χ1) is 9.17. The molecule has 6 heteroatoms. The van der Waals surface area contributed by atoms with E-state index < -0.39 is 5.97 Å². The van der Waals surface area contributed by atoms with E-state index in [1.807, 2.05) is 11.4 Å². The van der Waals surface area contributed by atoms with Gasteiger partial charge >= 0.3 is 5.97 Å². The van der Waals surface area contributed by atoms with Crippen molar-refractivity contribution in [3.8, 4) is 5.75 Å². The average molecular weight is 263 g/mol. The van der Waals surface area contributed by atoms with Crippen molar-refractivity contribution in [2.24, 2.45) is 0 Å². The third-order valence-electron chi connectivity index (χ3n) is 2.95. The molecule has 2 aromatic heterocycles. The van der Waals surface area contributed by atoms with Crippen LogP contribution in [-0.4, -0.2) is 41.2 Å². The van der Waals surface area contributed by atoms with Crippen LogP contribution in [0.15, 0.2) is 18.3 Å². The normalized spacial score (nSPS) is 10.8. The van der Waals surface area contributed by atoms with Gasteiger partial charge in [0.25, 0.3) is 0 Å². The number of pyridine rings is 1. The van der Waals surface area contributed by atoms with E-state index in [4.69, 9.17) is 4.74 Å². The van der Waals surface area contributed by atoms with Gasteiger partial charge in [0.15, 0.2) is 5.69 Å². The minimum atomic E-state index is -1.02. The monoisotopic (exact) mass is 263 g/mol. The molecule has 0 fully saturated rings. The van der Waals surface area contributed by atoms with E-state index in [1.165, 1.54) is 0 Å². The van der Waals surface area contributed by atoms with Gasteiger partial charge in [-0.3, -0.25) is 0 Å². The fraction of sp³-hybridized carbons (Fsp3) is 0.385. The van der Waals surface area contributed by atoms with E-state index in [9.17, 15) is 9.90 Å². The zero-order valence-electron chi connectivity index (χ0n) is 11.0. The van der Waals surface area contributed by atoms with Crippen LogP contribution in [0.3, 0.4) is 0 Å². The molecule has 0 spiro atoms. The maximum Gasteiger partial charge on any atom is 0.356 e. The summed E-state index contributed by atoms with van der Waals surface area (Å²) >= 11 is 0. The predicted octanol–water partition coefficient (Wildman–Crippen LogP) is 1.19. The first-order valence-electron chi connectivity index (χ1n) is 6.10. The summed E-state index contributed by atoms with van der Waals surface area (Å²) in [5.74, 6) is 0.354. The number of aryl methyl sites for hydroxylation is 1. The molecule has 2 aromatic rings. The third-order valence-corrected chi connectivity index (χ3v) is 2.95. The number of aromatic carboxylic acids is 1. The van der Waals surface area contributed by atoms with Gasteiger partial charge in [0, 0.05) is 18.7 Å². The highest BCUT2D eigenvalue weighted by molar-refractivity contribution is 5.94. The number of imidazole rings is 1. The van der Waals surface area contributed by atoms with Crippen molar-refractivity contribution in [2.75, 3.05) is 20.7 Å². The number of nitrogens with zero attached hydrogens (tertiary/aromatic N) is 2. The minimum absolute atomic E-state index is 0.0679. The molecular weight excluding hydrogens is 246 g/mol. The number of carboxylic acids is 1. The highest BCUT2D eigenvalue weighted by Gasteiger charge is 2.16. The number of methoxy groups -OCH3 is 1. The highest BCUT2D eigenvalue weighted by Crippen LogP contribution is 2.20. The molecule has 0 aliphatic heterocycles. The lowest BCUT2D eigenvalue weighted by molar-refractivity contribution is 0.0693. The van der Waals surface area contributed by atoms with Gasteiger partial charge in [-0.1, -0.05) is 0 Å². The number of nitrogens with one attached hydrogen (secondary N) is 1. The highest BCUT2D eigenvalue weighted by atomic mass is 16.5. The van der Waals surface area contributed by atoms with Gasteiger partial charge in [-0.2, -0.15) is 0 Å². The van der Waals surface area contributed by atoms with Crippen LogP contribution in [0.4, 0.5) is 0 Å². The molecule has 0 radical (unpaired) electrons.